The van der Waals surface area contributed by atoms with Crippen molar-refractivity contribution in [3.63, 3.8) is 0 Å². The maximum atomic E-state index is 11.9. The lowest BCUT2D eigenvalue weighted by molar-refractivity contribution is -0.911. The number of likely N-dealkylation sites (tertiary alicyclic amines) is 1. The number of piperidine rings is 1. The molecule has 0 aliphatic carbocycles. The van der Waals surface area contributed by atoms with Gasteiger partial charge in [0.1, 0.15) is 0 Å². The molecule has 2 nitrogen and oxygen atoms in total. The number of Topliss-reactive ketones (excluding diaryl/α,β-unsaturated/α-hetero) is 1. The molecule has 16 heavy (non-hydrogen) atoms. The van der Waals surface area contributed by atoms with Crippen molar-refractivity contribution in [1.29, 1.82) is 0 Å². The van der Waals surface area contributed by atoms with Gasteiger partial charge in [-0.15, -0.1) is 11.3 Å². The van der Waals surface area contributed by atoms with E-state index in [1.807, 2.05) is 17.5 Å². The Bertz CT molecular complexity index is 334. The highest BCUT2D eigenvalue weighted by atomic mass is 32.1. The third-order valence-electron chi connectivity index (χ3n) is 3.59. The van der Waals surface area contributed by atoms with Gasteiger partial charge in [-0.2, -0.15) is 0 Å². The van der Waals surface area contributed by atoms with Crippen molar-refractivity contribution in [2.24, 2.45) is 0 Å². The second-order valence-electron chi connectivity index (χ2n) is 4.73. The first-order valence-corrected chi connectivity index (χ1v) is 7.04. The van der Waals surface area contributed by atoms with Crippen molar-refractivity contribution in [2.45, 2.75) is 38.1 Å². The minimum Gasteiger partial charge on any atom is -0.335 e. The summed E-state index contributed by atoms with van der Waals surface area (Å²) in [4.78, 5) is 14.4. The standard InChI is InChI=1S/C13H19NOS/c1-14-9-3-2-5-11(14)7-8-12(15)13-6-4-10-16-13/h4,6,10-11H,2-3,5,7-9H2,1H3/p+1. The lowest BCUT2D eigenvalue weighted by Gasteiger charge is -2.29. The van der Waals surface area contributed by atoms with Crippen molar-refractivity contribution in [1.82, 2.24) is 0 Å². The van der Waals surface area contributed by atoms with E-state index in [0.29, 0.717) is 11.8 Å². The monoisotopic (exact) mass is 238 g/mol. The summed E-state index contributed by atoms with van der Waals surface area (Å²) in [6.07, 6.45) is 5.77. The molecular weight excluding hydrogens is 218 g/mol. The van der Waals surface area contributed by atoms with Gasteiger partial charge in [-0.05, 0) is 30.7 Å². The molecule has 0 aromatic carbocycles. The molecular formula is C13H20NOS+. The zero-order chi connectivity index (χ0) is 11.4. The summed E-state index contributed by atoms with van der Waals surface area (Å²) < 4.78 is 0. The second-order valence-corrected chi connectivity index (χ2v) is 5.68. The number of carbonyl (C=O) groups is 1. The van der Waals surface area contributed by atoms with Crippen LogP contribution in [0.2, 0.25) is 0 Å². The topological polar surface area (TPSA) is 21.5 Å². The minimum absolute atomic E-state index is 0.327. The van der Waals surface area contributed by atoms with Crippen LogP contribution in [0.3, 0.4) is 0 Å². The SMILES string of the molecule is C[NH+]1CCCCC1CCC(=O)c1cccs1. The first-order valence-electron chi connectivity index (χ1n) is 6.16. The Labute approximate surface area is 101 Å². The molecule has 88 valence electrons. The quantitative estimate of drug-likeness (QED) is 0.793. The zero-order valence-corrected chi connectivity index (χ0v) is 10.7. The van der Waals surface area contributed by atoms with Gasteiger partial charge < -0.3 is 4.90 Å². The van der Waals surface area contributed by atoms with Crippen LogP contribution in [-0.4, -0.2) is 25.4 Å². The van der Waals surface area contributed by atoms with Crippen LogP contribution in [0.1, 0.15) is 41.8 Å². The fraction of sp³-hybridized carbons (Fsp3) is 0.615. The predicted molar refractivity (Wildman–Crippen MR) is 67.3 cm³/mol. The second kappa shape index (κ2) is 5.60. The summed E-state index contributed by atoms with van der Waals surface area (Å²) >= 11 is 1.56. The largest absolute Gasteiger partial charge is 0.335 e. The Morgan fingerprint density at radius 3 is 3.12 bits per heavy atom. The molecule has 0 amide bonds. The molecule has 1 aliphatic rings. The van der Waals surface area contributed by atoms with Crippen LogP contribution in [0, 0.1) is 0 Å². The molecule has 2 unspecified atom stereocenters. The van der Waals surface area contributed by atoms with E-state index in [1.165, 1.54) is 25.8 Å². The fourth-order valence-corrected chi connectivity index (χ4v) is 3.20. The van der Waals surface area contributed by atoms with Gasteiger partial charge in [0.15, 0.2) is 5.78 Å². The van der Waals surface area contributed by atoms with Crippen molar-refractivity contribution >= 4 is 17.1 Å². The maximum Gasteiger partial charge on any atom is 0.173 e. The Morgan fingerprint density at radius 2 is 2.44 bits per heavy atom. The summed E-state index contributed by atoms with van der Waals surface area (Å²) in [6, 6.07) is 4.60. The van der Waals surface area contributed by atoms with Crippen molar-refractivity contribution in [3.05, 3.63) is 22.4 Å². The van der Waals surface area contributed by atoms with E-state index in [-0.39, 0.29) is 0 Å². The molecule has 0 spiro atoms. The van der Waals surface area contributed by atoms with Crippen molar-refractivity contribution in [3.8, 4) is 0 Å². The number of carbonyl (C=O) groups excluding carboxylic acids is 1. The zero-order valence-electron chi connectivity index (χ0n) is 9.87. The van der Waals surface area contributed by atoms with Gasteiger partial charge in [0.05, 0.1) is 24.5 Å². The molecule has 1 N–H and O–H groups in total. The summed E-state index contributed by atoms with van der Waals surface area (Å²) in [5, 5.41) is 1.98. The van der Waals surface area contributed by atoms with Crippen LogP contribution < -0.4 is 4.90 Å². The Hall–Kier alpha value is -0.670. The average Bonchev–Trinajstić information content (AvgIpc) is 2.81. The molecule has 0 bridgehead atoms. The van der Waals surface area contributed by atoms with E-state index in [9.17, 15) is 4.79 Å². The first-order chi connectivity index (χ1) is 7.77. The first kappa shape index (κ1) is 11.8. The van der Waals surface area contributed by atoms with Crippen LogP contribution in [0.5, 0.6) is 0 Å². The Balaban J connectivity index is 1.80. The minimum atomic E-state index is 0.327. The third-order valence-corrected chi connectivity index (χ3v) is 4.50. The lowest BCUT2D eigenvalue weighted by atomic mass is 9.97. The van der Waals surface area contributed by atoms with Gasteiger partial charge >= 0.3 is 0 Å². The molecule has 2 atom stereocenters. The van der Waals surface area contributed by atoms with Crippen molar-refractivity contribution in [2.75, 3.05) is 13.6 Å². The molecule has 3 heteroatoms. The Kier molecular flexibility index (Phi) is 4.13. The number of quaternary nitrogens is 1. The molecule has 1 fully saturated rings. The van der Waals surface area contributed by atoms with Gasteiger partial charge in [0.2, 0.25) is 0 Å². The van der Waals surface area contributed by atoms with E-state index < -0.39 is 0 Å². The number of thiophene rings is 1. The predicted octanol–water partition coefficient (Wildman–Crippen LogP) is 1.78. The van der Waals surface area contributed by atoms with Crippen LogP contribution in [0.25, 0.3) is 0 Å². The van der Waals surface area contributed by atoms with Crippen LogP contribution in [-0.2, 0) is 0 Å². The highest BCUT2D eigenvalue weighted by molar-refractivity contribution is 7.12. The molecule has 2 rings (SSSR count). The summed E-state index contributed by atoms with van der Waals surface area (Å²) in [5.41, 5.74) is 0. The van der Waals surface area contributed by atoms with E-state index in [0.717, 1.165) is 17.7 Å². The lowest BCUT2D eigenvalue weighted by Crippen LogP contribution is -3.13. The molecule has 0 saturated carbocycles. The number of rotatable bonds is 4. The molecule has 1 aromatic heterocycles. The number of hydrogen-bond donors (Lipinski definition) is 1. The van der Waals surface area contributed by atoms with E-state index in [2.05, 4.69) is 7.05 Å². The van der Waals surface area contributed by atoms with Gasteiger partial charge in [-0.1, -0.05) is 6.07 Å². The van der Waals surface area contributed by atoms with E-state index in [4.69, 9.17) is 0 Å². The molecule has 1 aromatic rings. The van der Waals surface area contributed by atoms with E-state index in [1.54, 1.807) is 16.2 Å². The normalized spacial score (nSPS) is 25.6. The molecule has 2 heterocycles. The van der Waals surface area contributed by atoms with Gasteiger partial charge in [0.25, 0.3) is 0 Å². The third kappa shape index (κ3) is 2.92. The van der Waals surface area contributed by atoms with Gasteiger partial charge in [0, 0.05) is 12.8 Å². The number of hydrogen-bond acceptors (Lipinski definition) is 2. The van der Waals surface area contributed by atoms with Gasteiger partial charge in [-0.25, -0.2) is 0 Å². The number of nitrogens with one attached hydrogen (secondary N) is 1. The molecule has 1 aliphatic heterocycles. The van der Waals surface area contributed by atoms with Gasteiger partial charge in [-0.3, -0.25) is 4.79 Å². The molecule has 0 radical (unpaired) electrons. The fourth-order valence-electron chi connectivity index (χ4n) is 2.50. The van der Waals surface area contributed by atoms with Crippen LogP contribution >= 0.6 is 11.3 Å². The van der Waals surface area contributed by atoms with Crippen molar-refractivity contribution < 1.29 is 9.69 Å². The van der Waals surface area contributed by atoms with Crippen LogP contribution in [0.4, 0.5) is 0 Å². The van der Waals surface area contributed by atoms with Crippen LogP contribution in [0.15, 0.2) is 17.5 Å². The number of ketones is 1. The highest BCUT2D eigenvalue weighted by Gasteiger charge is 2.23. The summed E-state index contributed by atoms with van der Waals surface area (Å²) in [7, 11) is 2.26. The van der Waals surface area contributed by atoms with E-state index >= 15 is 0 Å². The summed E-state index contributed by atoms with van der Waals surface area (Å²) in [5.74, 6) is 0.327. The Morgan fingerprint density at radius 1 is 1.56 bits per heavy atom. The highest BCUT2D eigenvalue weighted by Crippen LogP contribution is 2.14. The average molecular weight is 238 g/mol. The smallest absolute Gasteiger partial charge is 0.173 e. The maximum absolute atomic E-state index is 11.9. The molecule has 1 saturated heterocycles. The summed E-state index contributed by atoms with van der Waals surface area (Å²) in [6.45, 7) is 1.28.